The number of β-amino-alcohol motifs (C(OH)–C–C–N with tert-alkyl or cyclic N) is 1. The van der Waals surface area contributed by atoms with Crippen LogP contribution in [0.15, 0.2) is 28.6 Å². The first-order valence-electron chi connectivity index (χ1n) is 7.92. The maximum Gasteiger partial charge on any atom is 0.206 e. The molecule has 1 aliphatic heterocycles. The van der Waals surface area contributed by atoms with Crippen molar-refractivity contribution in [3.8, 4) is 0 Å². The first-order valence-corrected chi connectivity index (χ1v) is 9.72. The molecule has 1 aliphatic rings. The van der Waals surface area contributed by atoms with E-state index in [9.17, 15) is 5.11 Å². The molecule has 1 aromatic heterocycles. The van der Waals surface area contributed by atoms with Crippen LogP contribution in [-0.2, 0) is 13.0 Å². The average Bonchev–Trinajstić information content (AvgIpc) is 3.01. The van der Waals surface area contributed by atoms with Crippen LogP contribution < -0.4 is 5.32 Å². The quantitative estimate of drug-likeness (QED) is 0.748. The van der Waals surface area contributed by atoms with E-state index in [0.717, 1.165) is 35.5 Å². The summed E-state index contributed by atoms with van der Waals surface area (Å²) < 4.78 is 0.906. The number of hydrogen-bond acceptors (Lipinski definition) is 7. The minimum absolute atomic E-state index is 0.350. The maximum absolute atomic E-state index is 10.3. The molecule has 7 heteroatoms. The van der Waals surface area contributed by atoms with Gasteiger partial charge in [0.1, 0.15) is 0 Å². The summed E-state index contributed by atoms with van der Waals surface area (Å²) in [5.41, 5.74) is 2.83. The van der Waals surface area contributed by atoms with Crippen molar-refractivity contribution in [3.05, 3.63) is 35.4 Å². The van der Waals surface area contributed by atoms with Crippen LogP contribution in [0.5, 0.6) is 0 Å². The summed E-state index contributed by atoms with van der Waals surface area (Å²) in [5.74, 6) is 0.652. The van der Waals surface area contributed by atoms with Crippen LogP contribution in [0.25, 0.3) is 0 Å². The summed E-state index contributed by atoms with van der Waals surface area (Å²) in [6.45, 7) is 5.54. The van der Waals surface area contributed by atoms with Crippen LogP contribution in [0, 0.1) is 0 Å². The molecule has 0 radical (unpaired) electrons. The van der Waals surface area contributed by atoms with Crippen molar-refractivity contribution in [1.82, 2.24) is 15.1 Å². The lowest BCUT2D eigenvalue weighted by molar-refractivity contribution is 0.122. The maximum atomic E-state index is 10.3. The number of benzene rings is 1. The van der Waals surface area contributed by atoms with Gasteiger partial charge in [-0.25, -0.2) is 0 Å². The minimum atomic E-state index is -0.350. The molecule has 0 bridgehead atoms. The third-order valence-corrected chi connectivity index (χ3v) is 5.97. The van der Waals surface area contributed by atoms with Gasteiger partial charge in [-0.3, -0.25) is 4.90 Å². The number of thioether (sulfide) groups is 1. The zero-order chi connectivity index (χ0) is 16.1. The molecule has 23 heavy (non-hydrogen) atoms. The Morgan fingerprint density at radius 2 is 2.17 bits per heavy atom. The topological polar surface area (TPSA) is 61.3 Å². The minimum Gasteiger partial charge on any atom is -0.391 e. The van der Waals surface area contributed by atoms with E-state index in [1.165, 1.54) is 11.1 Å². The third kappa shape index (κ3) is 4.67. The number of nitrogens with zero attached hydrogens (tertiary/aromatic N) is 3. The molecule has 2 N–H and O–H groups in total. The summed E-state index contributed by atoms with van der Waals surface area (Å²) in [6, 6.07) is 8.58. The first-order chi connectivity index (χ1) is 11.2. The zero-order valence-electron chi connectivity index (χ0n) is 13.2. The standard InChI is InChI=1S/C16H22N4OS2/c1-2-17-15-18-19-16(23-15)22-11-14(21)10-20-8-7-12-5-3-4-6-13(12)9-20/h3-6,14,21H,2,7-11H2,1H3,(H,17,18)/t14-/m1/s1. The highest BCUT2D eigenvalue weighted by Crippen LogP contribution is 2.26. The van der Waals surface area contributed by atoms with Crippen molar-refractivity contribution in [3.63, 3.8) is 0 Å². The Balaban J connectivity index is 1.45. The summed E-state index contributed by atoms with van der Waals surface area (Å²) in [6.07, 6.45) is 0.718. The number of anilines is 1. The Hall–Kier alpha value is -1.15. The van der Waals surface area contributed by atoms with Crippen LogP contribution in [0.1, 0.15) is 18.1 Å². The van der Waals surface area contributed by atoms with E-state index >= 15 is 0 Å². The molecule has 3 rings (SSSR count). The Morgan fingerprint density at radius 3 is 3.00 bits per heavy atom. The van der Waals surface area contributed by atoms with Crippen LogP contribution in [0.2, 0.25) is 0 Å². The average molecular weight is 351 g/mol. The van der Waals surface area contributed by atoms with Gasteiger partial charge in [0.2, 0.25) is 5.13 Å². The molecule has 0 unspecified atom stereocenters. The Labute approximate surface area is 145 Å². The van der Waals surface area contributed by atoms with Crippen molar-refractivity contribution in [1.29, 1.82) is 0 Å². The normalized spacial score (nSPS) is 16.1. The number of aromatic nitrogens is 2. The Kier molecular flexibility index (Phi) is 5.88. The van der Waals surface area contributed by atoms with Gasteiger partial charge in [0.15, 0.2) is 4.34 Å². The number of rotatable bonds is 7. The predicted molar refractivity (Wildman–Crippen MR) is 96.2 cm³/mol. The molecule has 2 aromatic rings. The number of aliphatic hydroxyl groups is 1. The molecule has 5 nitrogen and oxygen atoms in total. The van der Waals surface area contributed by atoms with E-state index in [4.69, 9.17) is 0 Å². The zero-order valence-corrected chi connectivity index (χ0v) is 14.9. The predicted octanol–water partition coefficient (Wildman–Crippen LogP) is 2.48. The van der Waals surface area contributed by atoms with Gasteiger partial charge in [-0.15, -0.1) is 10.2 Å². The molecule has 0 fully saturated rings. The highest BCUT2D eigenvalue weighted by molar-refractivity contribution is 8.01. The fourth-order valence-electron chi connectivity index (χ4n) is 2.72. The molecular formula is C16H22N4OS2. The van der Waals surface area contributed by atoms with Gasteiger partial charge in [0.25, 0.3) is 0 Å². The van der Waals surface area contributed by atoms with Crippen LogP contribution in [0.3, 0.4) is 0 Å². The van der Waals surface area contributed by atoms with Crippen LogP contribution >= 0.6 is 23.1 Å². The highest BCUT2D eigenvalue weighted by atomic mass is 32.2. The molecule has 1 atom stereocenters. The lowest BCUT2D eigenvalue weighted by Gasteiger charge is -2.30. The molecule has 0 amide bonds. The summed E-state index contributed by atoms with van der Waals surface area (Å²) >= 11 is 3.12. The van der Waals surface area contributed by atoms with Crippen LogP contribution in [0.4, 0.5) is 5.13 Å². The van der Waals surface area contributed by atoms with Gasteiger partial charge < -0.3 is 10.4 Å². The largest absolute Gasteiger partial charge is 0.391 e. The fourth-order valence-corrected chi connectivity index (χ4v) is 4.48. The molecule has 2 heterocycles. The SMILES string of the molecule is CCNc1nnc(SC[C@H](O)CN2CCc3ccccc3C2)s1. The van der Waals surface area contributed by atoms with E-state index in [0.29, 0.717) is 12.3 Å². The molecule has 0 aliphatic carbocycles. The summed E-state index contributed by atoms with van der Waals surface area (Å²) in [4.78, 5) is 2.33. The van der Waals surface area contributed by atoms with Crippen molar-refractivity contribution < 1.29 is 5.11 Å². The summed E-state index contributed by atoms with van der Waals surface area (Å²) in [5, 5.41) is 22.5. The molecule has 0 saturated heterocycles. The lowest BCUT2D eigenvalue weighted by atomic mass is 10.00. The molecule has 0 saturated carbocycles. The molecule has 1 aromatic carbocycles. The van der Waals surface area contributed by atoms with Crippen molar-refractivity contribution in [2.75, 3.05) is 30.7 Å². The van der Waals surface area contributed by atoms with E-state index in [2.05, 4.69) is 44.7 Å². The smallest absolute Gasteiger partial charge is 0.206 e. The number of hydrogen-bond donors (Lipinski definition) is 2. The lowest BCUT2D eigenvalue weighted by Crippen LogP contribution is -2.37. The van der Waals surface area contributed by atoms with E-state index in [1.54, 1.807) is 23.1 Å². The van der Waals surface area contributed by atoms with E-state index in [1.807, 2.05) is 6.92 Å². The molecule has 0 spiro atoms. The summed E-state index contributed by atoms with van der Waals surface area (Å²) in [7, 11) is 0. The molecular weight excluding hydrogens is 328 g/mol. The molecule has 124 valence electrons. The van der Waals surface area contributed by atoms with Gasteiger partial charge >= 0.3 is 0 Å². The van der Waals surface area contributed by atoms with Gasteiger partial charge in [0.05, 0.1) is 6.10 Å². The fraction of sp³-hybridized carbons (Fsp3) is 0.500. The monoisotopic (exact) mass is 350 g/mol. The van der Waals surface area contributed by atoms with Gasteiger partial charge in [-0.05, 0) is 24.5 Å². The van der Waals surface area contributed by atoms with Crippen molar-refractivity contribution >= 4 is 28.2 Å². The second-order valence-electron chi connectivity index (χ2n) is 5.62. The van der Waals surface area contributed by atoms with Gasteiger partial charge in [0, 0.05) is 31.9 Å². The van der Waals surface area contributed by atoms with Crippen molar-refractivity contribution in [2.45, 2.75) is 30.3 Å². The van der Waals surface area contributed by atoms with E-state index < -0.39 is 0 Å². The Morgan fingerprint density at radius 1 is 1.35 bits per heavy atom. The first kappa shape index (κ1) is 16.7. The van der Waals surface area contributed by atoms with Crippen LogP contribution in [-0.4, -0.2) is 51.7 Å². The van der Waals surface area contributed by atoms with Gasteiger partial charge in [-0.2, -0.15) is 0 Å². The van der Waals surface area contributed by atoms with E-state index in [-0.39, 0.29) is 6.10 Å². The van der Waals surface area contributed by atoms with Crippen molar-refractivity contribution in [2.24, 2.45) is 0 Å². The second-order valence-corrected chi connectivity index (χ2v) is 7.87. The third-order valence-electron chi connectivity index (χ3n) is 3.81. The second kappa shape index (κ2) is 8.10. The number of fused-ring (bicyclic) bond motifs is 1. The highest BCUT2D eigenvalue weighted by Gasteiger charge is 2.18. The number of aliphatic hydroxyl groups excluding tert-OH is 1. The Bertz CT molecular complexity index is 634. The number of nitrogens with one attached hydrogen (secondary N) is 1. The van der Waals surface area contributed by atoms with Gasteiger partial charge in [-0.1, -0.05) is 47.4 Å².